The van der Waals surface area contributed by atoms with Crippen molar-refractivity contribution in [1.82, 2.24) is 4.98 Å². The summed E-state index contributed by atoms with van der Waals surface area (Å²) < 4.78 is 0. The Labute approximate surface area is 111 Å². The largest absolute Gasteiger partial charge is 0.299 e. The molecule has 1 unspecified atom stereocenters. The van der Waals surface area contributed by atoms with Crippen molar-refractivity contribution in [2.75, 3.05) is 0 Å². The van der Waals surface area contributed by atoms with Gasteiger partial charge in [0.15, 0.2) is 0 Å². The summed E-state index contributed by atoms with van der Waals surface area (Å²) in [4.78, 5) is 18.0. The minimum Gasteiger partial charge on any atom is -0.299 e. The van der Waals surface area contributed by atoms with Crippen molar-refractivity contribution in [3.05, 3.63) is 52.0 Å². The lowest BCUT2D eigenvalue weighted by atomic mass is 9.83. The Morgan fingerprint density at radius 1 is 1.39 bits per heavy atom. The highest BCUT2D eigenvalue weighted by Gasteiger charge is 2.27. The van der Waals surface area contributed by atoms with E-state index in [0.717, 1.165) is 29.8 Å². The van der Waals surface area contributed by atoms with Crippen molar-refractivity contribution in [2.45, 2.75) is 31.6 Å². The van der Waals surface area contributed by atoms with Crippen LogP contribution in [0.4, 0.5) is 0 Å². The average Bonchev–Trinajstić information content (AvgIpc) is 2.91. The fraction of sp³-hybridized carbons (Fsp3) is 0.333. The van der Waals surface area contributed by atoms with Gasteiger partial charge in [-0.15, -0.1) is 11.3 Å². The Bertz CT molecular complexity index is 547. The zero-order valence-electron chi connectivity index (χ0n) is 10.1. The number of pyridine rings is 1. The van der Waals surface area contributed by atoms with Crippen LogP contribution in [0.2, 0.25) is 0 Å². The first-order valence-corrected chi connectivity index (χ1v) is 7.21. The molecule has 0 saturated carbocycles. The quantitative estimate of drug-likeness (QED) is 0.843. The lowest BCUT2D eigenvalue weighted by Crippen LogP contribution is -2.21. The number of hydrogen-bond donors (Lipinski definition) is 0. The van der Waals surface area contributed by atoms with Gasteiger partial charge in [-0.2, -0.15) is 0 Å². The molecule has 0 bridgehead atoms. The molecular weight excluding hydrogens is 242 g/mol. The van der Waals surface area contributed by atoms with E-state index < -0.39 is 0 Å². The van der Waals surface area contributed by atoms with Crippen LogP contribution in [0.3, 0.4) is 0 Å². The molecule has 92 valence electrons. The van der Waals surface area contributed by atoms with Crippen LogP contribution in [0.1, 0.15) is 34.9 Å². The van der Waals surface area contributed by atoms with Gasteiger partial charge in [0, 0.05) is 17.5 Å². The van der Waals surface area contributed by atoms with Crippen LogP contribution in [0.5, 0.6) is 0 Å². The second-order valence-corrected chi connectivity index (χ2v) is 5.75. The van der Waals surface area contributed by atoms with E-state index in [2.05, 4.69) is 11.1 Å². The summed E-state index contributed by atoms with van der Waals surface area (Å²) in [5.41, 5.74) is 2.28. The Morgan fingerprint density at radius 2 is 2.33 bits per heavy atom. The zero-order valence-corrected chi connectivity index (χ0v) is 11.0. The van der Waals surface area contributed by atoms with Crippen molar-refractivity contribution >= 4 is 17.1 Å². The van der Waals surface area contributed by atoms with E-state index in [1.807, 2.05) is 23.6 Å². The van der Waals surface area contributed by atoms with E-state index in [-0.39, 0.29) is 5.92 Å². The van der Waals surface area contributed by atoms with Gasteiger partial charge in [-0.25, -0.2) is 0 Å². The fourth-order valence-corrected chi connectivity index (χ4v) is 3.35. The van der Waals surface area contributed by atoms with Crippen LogP contribution >= 0.6 is 11.3 Å². The van der Waals surface area contributed by atoms with Gasteiger partial charge in [0.05, 0.1) is 11.6 Å². The van der Waals surface area contributed by atoms with Crippen molar-refractivity contribution < 1.29 is 4.79 Å². The minimum absolute atomic E-state index is 0.0112. The van der Waals surface area contributed by atoms with Crippen LogP contribution in [-0.4, -0.2) is 10.8 Å². The molecule has 1 aliphatic rings. The number of nitrogens with zero attached hydrogens (tertiary/aromatic N) is 1. The number of aryl methyl sites for hydroxylation is 1. The topological polar surface area (TPSA) is 30.0 Å². The van der Waals surface area contributed by atoms with Crippen LogP contribution in [-0.2, 0) is 17.6 Å². The molecule has 0 aromatic carbocycles. The van der Waals surface area contributed by atoms with Crippen molar-refractivity contribution in [1.29, 1.82) is 0 Å². The molecular formula is C15H15NOS. The van der Waals surface area contributed by atoms with Gasteiger partial charge in [-0.05, 0) is 42.3 Å². The number of rotatable bonds is 3. The molecule has 1 atom stereocenters. The summed E-state index contributed by atoms with van der Waals surface area (Å²) in [6.07, 6.45) is 5.47. The van der Waals surface area contributed by atoms with Crippen molar-refractivity contribution in [2.24, 2.45) is 0 Å². The van der Waals surface area contributed by atoms with Crippen LogP contribution < -0.4 is 0 Å². The van der Waals surface area contributed by atoms with Crippen LogP contribution in [0, 0.1) is 0 Å². The van der Waals surface area contributed by atoms with E-state index >= 15 is 0 Å². The Morgan fingerprint density at radius 3 is 3.17 bits per heavy atom. The maximum Gasteiger partial charge on any atom is 0.147 e. The van der Waals surface area contributed by atoms with Gasteiger partial charge in [-0.1, -0.05) is 12.1 Å². The molecule has 0 saturated heterocycles. The first-order chi connectivity index (χ1) is 8.84. The van der Waals surface area contributed by atoms with Crippen LogP contribution in [0.25, 0.3) is 0 Å². The average molecular weight is 257 g/mol. The first-order valence-electron chi connectivity index (χ1n) is 6.33. The summed E-state index contributed by atoms with van der Waals surface area (Å²) in [6, 6.07) is 8.10. The highest BCUT2D eigenvalue weighted by molar-refractivity contribution is 7.10. The molecule has 2 aromatic heterocycles. The Hall–Kier alpha value is -1.48. The third-order valence-corrected chi connectivity index (χ3v) is 4.39. The van der Waals surface area contributed by atoms with Gasteiger partial charge in [0.2, 0.25) is 0 Å². The highest BCUT2D eigenvalue weighted by Crippen LogP contribution is 2.31. The summed E-state index contributed by atoms with van der Waals surface area (Å²) in [5.74, 6) is 0.328. The molecule has 18 heavy (non-hydrogen) atoms. The maximum absolute atomic E-state index is 12.4. The fourth-order valence-electron chi connectivity index (χ4n) is 2.63. The third-order valence-electron chi connectivity index (χ3n) is 3.51. The van der Waals surface area contributed by atoms with Gasteiger partial charge < -0.3 is 0 Å². The molecule has 0 spiro atoms. The second-order valence-electron chi connectivity index (χ2n) is 4.72. The standard InChI is InChI=1S/C15H15NOS/c17-14(10-12-6-3-9-18-12)13-7-1-4-11-5-2-8-16-15(11)13/h2-3,5-6,8-9,13H,1,4,7,10H2. The number of fused-ring (bicyclic) bond motifs is 1. The molecule has 1 aliphatic carbocycles. The van der Waals surface area contributed by atoms with Crippen molar-refractivity contribution in [3.8, 4) is 0 Å². The van der Waals surface area contributed by atoms with Crippen LogP contribution in [0.15, 0.2) is 35.8 Å². The molecule has 2 aromatic rings. The Balaban J connectivity index is 1.83. The number of Topliss-reactive ketones (excluding diaryl/α,β-unsaturated/α-hetero) is 1. The molecule has 3 heteroatoms. The molecule has 2 heterocycles. The predicted molar refractivity (Wildman–Crippen MR) is 72.9 cm³/mol. The number of hydrogen-bond acceptors (Lipinski definition) is 3. The molecule has 0 aliphatic heterocycles. The zero-order chi connectivity index (χ0) is 12.4. The molecule has 0 fully saturated rings. The van der Waals surface area contributed by atoms with E-state index in [9.17, 15) is 4.79 Å². The summed E-state index contributed by atoms with van der Waals surface area (Å²) in [5, 5.41) is 2.02. The van der Waals surface area contributed by atoms with Gasteiger partial charge >= 0.3 is 0 Å². The van der Waals surface area contributed by atoms with E-state index in [0.29, 0.717) is 12.2 Å². The first kappa shape index (κ1) is 11.6. The number of ketones is 1. The van der Waals surface area contributed by atoms with E-state index in [1.54, 1.807) is 17.5 Å². The molecule has 0 radical (unpaired) electrons. The number of carbonyl (C=O) groups excluding carboxylic acids is 1. The summed E-state index contributed by atoms with van der Waals surface area (Å²) in [6.45, 7) is 0. The lowest BCUT2D eigenvalue weighted by Gasteiger charge is -2.22. The third kappa shape index (κ3) is 2.23. The molecule has 0 amide bonds. The van der Waals surface area contributed by atoms with Crippen molar-refractivity contribution in [3.63, 3.8) is 0 Å². The lowest BCUT2D eigenvalue weighted by molar-refractivity contribution is -0.120. The highest BCUT2D eigenvalue weighted by atomic mass is 32.1. The van der Waals surface area contributed by atoms with Gasteiger partial charge in [0.1, 0.15) is 5.78 Å². The normalized spacial score (nSPS) is 18.3. The van der Waals surface area contributed by atoms with Gasteiger partial charge in [0.25, 0.3) is 0 Å². The number of thiophene rings is 1. The number of aromatic nitrogens is 1. The SMILES string of the molecule is O=C(Cc1cccs1)C1CCCc2cccnc21. The monoisotopic (exact) mass is 257 g/mol. The smallest absolute Gasteiger partial charge is 0.147 e. The second kappa shape index (κ2) is 5.02. The molecule has 0 N–H and O–H groups in total. The maximum atomic E-state index is 12.4. The predicted octanol–water partition coefficient (Wildman–Crippen LogP) is 3.37. The minimum atomic E-state index is 0.0112. The summed E-state index contributed by atoms with van der Waals surface area (Å²) >= 11 is 1.66. The number of carbonyl (C=O) groups is 1. The summed E-state index contributed by atoms with van der Waals surface area (Å²) in [7, 11) is 0. The van der Waals surface area contributed by atoms with E-state index in [1.165, 1.54) is 5.56 Å². The van der Waals surface area contributed by atoms with Gasteiger partial charge in [-0.3, -0.25) is 9.78 Å². The molecule has 3 rings (SSSR count). The van der Waals surface area contributed by atoms with E-state index in [4.69, 9.17) is 0 Å². The Kier molecular flexibility index (Phi) is 3.24. The molecule has 2 nitrogen and oxygen atoms in total.